The molecule has 0 amide bonds. The van der Waals surface area contributed by atoms with Gasteiger partial charge in [0.15, 0.2) is 0 Å². The van der Waals surface area contributed by atoms with E-state index in [1.165, 1.54) is 25.7 Å². The van der Waals surface area contributed by atoms with Crippen molar-refractivity contribution in [3.63, 3.8) is 0 Å². The molecule has 1 N–H and O–H groups in total. The van der Waals surface area contributed by atoms with Gasteiger partial charge >= 0.3 is 5.97 Å². The Hall–Kier alpha value is -1.84. The average Bonchev–Trinajstić information content (AvgIpc) is 3.32. The zero-order valence-corrected chi connectivity index (χ0v) is 11.6. The second-order valence-electron chi connectivity index (χ2n) is 6.62. The summed E-state index contributed by atoms with van der Waals surface area (Å²) in [4.78, 5) is 16.1. The third-order valence-electron chi connectivity index (χ3n) is 4.62. The quantitative estimate of drug-likeness (QED) is 0.926. The smallest absolute Gasteiger partial charge is 0.337 e. The van der Waals surface area contributed by atoms with Crippen LogP contribution in [-0.4, -0.2) is 20.6 Å². The van der Waals surface area contributed by atoms with Gasteiger partial charge in [-0.05, 0) is 43.2 Å². The van der Waals surface area contributed by atoms with Crippen molar-refractivity contribution in [2.75, 3.05) is 0 Å². The second-order valence-corrected chi connectivity index (χ2v) is 6.62. The van der Waals surface area contributed by atoms with Crippen molar-refractivity contribution < 1.29 is 9.90 Å². The molecular weight excluding hydrogens is 252 g/mol. The fourth-order valence-electron chi connectivity index (χ4n) is 2.91. The molecule has 2 fully saturated rings. The number of carbonyl (C=O) groups is 1. The van der Waals surface area contributed by atoms with E-state index in [0.717, 1.165) is 17.9 Å². The molecule has 2 aliphatic rings. The van der Waals surface area contributed by atoms with Crippen molar-refractivity contribution in [1.82, 2.24) is 9.55 Å². The molecule has 0 spiro atoms. The zero-order chi connectivity index (χ0) is 13.9. The highest BCUT2D eigenvalue weighted by molar-refractivity contribution is 6.01. The monoisotopic (exact) mass is 270 g/mol. The van der Waals surface area contributed by atoms with Crippen LogP contribution in [0.15, 0.2) is 18.2 Å². The molecule has 2 aromatic rings. The molecule has 0 aliphatic heterocycles. The summed E-state index contributed by atoms with van der Waals surface area (Å²) in [6.45, 7) is 3.27. The zero-order valence-electron chi connectivity index (χ0n) is 11.6. The first kappa shape index (κ1) is 11.9. The van der Waals surface area contributed by atoms with E-state index in [-0.39, 0.29) is 0 Å². The largest absolute Gasteiger partial charge is 0.478 e. The van der Waals surface area contributed by atoms with Crippen LogP contribution < -0.4 is 0 Å². The van der Waals surface area contributed by atoms with Crippen molar-refractivity contribution in [2.45, 2.75) is 45.1 Å². The maximum absolute atomic E-state index is 11.4. The minimum atomic E-state index is -0.889. The minimum Gasteiger partial charge on any atom is -0.478 e. The van der Waals surface area contributed by atoms with Crippen LogP contribution in [0.4, 0.5) is 0 Å². The van der Waals surface area contributed by atoms with E-state index >= 15 is 0 Å². The molecule has 104 valence electrons. The van der Waals surface area contributed by atoms with Crippen LogP contribution in [0.1, 0.15) is 54.7 Å². The van der Waals surface area contributed by atoms with Crippen molar-refractivity contribution in [1.29, 1.82) is 0 Å². The van der Waals surface area contributed by atoms with Crippen LogP contribution in [0.3, 0.4) is 0 Å². The highest BCUT2D eigenvalue weighted by atomic mass is 16.4. The number of nitrogens with zero attached hydrogens (tertiary/aromatic N) is 2. The lowest BCUT2D eigenvalue weighted by Gasteiger charge is -2.13. The summed E-state index contributed by atoms with van der Waals surface area (Å²) < 4.78 is 2.28. The molecule has 2 aliphatic carbocycles. The van der Waals surface area contributed by atoms with Crippen LogP contribution in [0.5, 0.6) is 0 Å². The molecule has 4 rings (SSSR count). The van der Waals surface area contributed by atoms with E-state index in [1.54, 1.807) is 6.07 Å². The molecule has 1 heterocycles. The van der Waals surface area contributed by atoms with Crippen molar-refractivity contribution >= 4 is 17.0 Å². The van der Waals surface area contributed by atoms with Gasteiger partial charge in [0.2, 0.25) is 0 Å². The van der Waals surface area contributed by atoms with Gasteiger partial charge < -0.3 is 9.67 Å². The number of imidazole rings is 1. The molecule has 0 atom stereocenters. The lowest BCUT2D eigenvalue weighted by Crippen LogP contribution is -2.10. The van der Waals surface area contributed by atoms with Crippen molar-refractivity contribution in [3.05, 3.63) is 29.6 Å². The van der Waals surface area contributed by atoms with Crippen LogP contribution in [-0.2, 0) is 6.54 Å². The summed E-state index contributed by atoms with van der Waals surface area (Å²) in [6.07, 6.45) is 4.88. The fraction of sp³-hybridized carbons (Fsp3) is 0.500. The molecule has 2 saturated carbocycles. The summed E-state index contributed by atoms with van der Waals surface area (Å²) in [5, 5.41) is 9.33. The molecule has 0 bridgehead atoms. The normalized spacial score (nSPS) is 20.2. The van der Waals surface area contributed by atoms with E-state index in [9.17, 15) is 9.90 Å². The lowest BCUT2D eigenvalue weighted by atomic mass is 10.1. The number of benzene rings is 1. The SMILES string of the molecule is CC1(Cn2c(C3CC3)nc3c(C(=O)O)cccc32)CC1. The molecule has 4 nitrogen and oxygen atoms in total. The first-order valence-electron chi connectivity index (χ1n) is 7.30. The van der Waals surface area contributed by atoms with Gasteiger partial charge in [-0.1, -0.05) is 13.0 Å². The highest BCUT2D eigenvalue weighted by Crippen LogP contribution is 2.49. The Morgan fingerprint density at radius 2 is 2.20 bits per heavy atom. The average molecular weight is 270 g/mol. The van der Waals surface area contributed by atoms with E-state index in [1.807, 2.05) is 12.1 Å². The Balaban J connectivity index is 1.92. The molecule has 4 heteroatoms. The highest BCUT2D eigenvalue weighted by Gasteiger charge is 2.40. The Morgan fingerprint density at radius 1 is 1.45 bits per heavy atom. The first-order valence-corrected chi connectivity index (χ1v) is 7.30. The Kier molecular flexibility index (Phi) is 2.29. The number of aromatic carboxylic acids is 1. The van der Waals surface area contributed by atoms with E-state index < -0.39 is 5.97 Å². The number of aromatic nitrogens is 2. The van der Waals surface area contributed by atoms with Crippen LogP contribution in [0, 0.1) is 5.41 Å². The first-order chi connectivity index (χ1) is 9.57. The number of carboxylic acid groups (broad SMARTS) is 1. The summed E-state index contributed by atoms with van der Waals surface area (Å²) in [5.41, 5.74) is 2.35. The topological polar surface area (TPSA) is 55.1 Å². The van der Waals surface area contributed by atoms with Gasteiger partial charge in [-0.15, -0.1) is 0 Å². The van der Waals surface area contributed by atoms with Gasteiger partial charge in [-0.25, -0.2) is 9.78 Å². The van der Waals surface area contributed by atoms with Crippen LogP contribution in [0.2, 0.25) is 0 Å². The molecule has 0 saturated heterocycles. The minimum absolute atomic E-state index is 0.323. The molecular formula is C16H18N2O2. The van der Waals surface area contributed by atoms with E-state index in [0.29, 0.717) is 22.4 Å². The molecule has 20 heavy (non-hydrogen) atoms. The molecule has 0 radical (unpaired) electrons. The van der Waals surface area contributed by atoms with Crippen molar-refractivity contribution in [2.24, 2.45) is 5.41 Å². The number of hydrogen-bond donors (Lipinski definition) is 1. The van der Waals surface area contributed by atoms with Gasteiger partial charge in [-0.2, -0.15) is 0 Å². The predicted molar refractivity (Wildman–Crippen MR) is 76.0 cm³/mol. The predicted octanol–water partition coefficient (Wildman–Crippen LogP) is 3.41. The van der Waals surface area contributed by atoms with Gasteiger partial charge in [0.1, 0.15) is 11.3 Å². The number of hydrogen-bond acceptors (Lipinski definition) is 2. The Labute approximate surface area is 117 Å². The van der Waals surface area contributed by atoms with Crippen molar-refractivity contribution in [3.8, 4) is 0 Å². The van der Waals surface area contributed by atoms with Crippen LogP contribution >= 0.6 is 0 Å². The molecule has 1 aromatic carbocycles. The second kappa shape index (κ2) is 3.84. The van der Waals surface area contributed by atoms with Gasteiger partial charge in [0.05, 0.1) is 11.1 Å². The van der Waals surface area contributed by atoms with Gasteiger partial charge in [0.25, 0.3) is 0 Å². The summed E-state index contributed by atoms with van der Waals surface area (Å²) in [5.74, 6) is 0.744. The third-order valence-corrected chi connectivity index (χ3v) is 4.62. The molecule has 0 unspecified atom stereocenters. The molecule has 1 aromatic heterocycles. The fourth-order valence-corrected chi connectivity index (χ4v) is 2.91. The Bertz CT molecular complexity index is 709. The summed E-state index contributed by atoms with van der Waals surface area (Å²) >= 11 is 0. The summed E-state index contributed by atoms with van der Waals surface area (Å²) in [6, 6.07) is 5.49. The summed E-state index contributed by atoms with van der Waals surface area (Å²) in [7, 11) is 0. The van der Waals surface area contributed by atoms with E-state index in [4.69, 9.17) is 0 Å². The number of carboxylic acids is 1. The number of para-hydroxylation sites is 1. The Morgan fingerprint density at radius 3 is 2.80 bits per heavy atom. The van der Waals surface area contributed by atoms with E-state index in [2.05, 4.69) is 16.5 Å². The standard InChI is InChI=1S/C16H18N2O2/c1-16(7-8-16)9-18-12-4-2-3-11(15(19)20)13(12)17-14(18)10-5-6-10/h2-4,10H,5-9H2,1H3,(H,19,20). The maximum atomic E-state index is 11.4. The lowest BCUT2D eigenvalue weighted by molar-refractivity contribution is 0.0699. The maximum Gasteiger partial charge on any atom is 0.337 e. The van der Waals surface area contributed by atoms with Gasteiger partial charge in [0, 0.05) is 12.5 Å². The van der Waals surface area contributed by atoms with Crippen LogP contribution in [0.25, 0.3) is 11.0 Å². The third kappa shape index (κ3) is 1.82. The number of fused-ring (bicyclic) bond motifs is 1. The number of rotatable bonds is 4. The van der Waals surface area contributed by atoms with Gasteiger partial charge in [-0.3, -0.25) is 0 Å².